The van der Waals surface area contributed by atoms with Crippen LogP contribution in [0, 0.1) is 0 Å². The van der Waals surface area contributed by atoms with E-state index in [0.29, 0.717) is 0 Å². The van der Waals surface area contributed by atoms with Gasteiger partial charge in [-0.3, -0.25) is 0 Å². The summed E-state index contributed by atoms with van der Waals surface area (Å²) in [6.07, 6.45) is -1.63. The lowest BCUT2D eigenvalue weighted by Gasteiger charge is -2.14. The fourth-order valence-electron chi connectivity index (χ4n) is 0.887. The minimum absolute atomic E-state index is 0. The van der Waals surface area contributed by atoms with Crippen LogP contribution < -0.4 is 5.73 Å². The molecule has 0 amide bonds. The number of nitrogens with zero attached hydrogens (tertiary/aromatic N) is 1. The summed E-state index contributed by atoms with van der Waals surface area (Å²) in [7, 11) is 0. The standard InChI is InChI=1S/C7H5Cl3F2N2.ClH/c8-2-1-14-6(10)4(9)3(2)5(13)7(11)12;/h1,5,7H,13H2;1H/t5-;/m0./s1. The molecular formula is C7H6Cl4F2N2. The van der Waals surface area contributed by atoms with E-state index in [9.17, 15) is 8.78 Å². The van der Waals surface area contributed by atoms with Crippen LogP contribution in [0.1, 0.15) is 11.6 Å². The number of halogens is 6. The van der Waals surface area contributed by atoms with Crippen LogP contribution in [0.25, 0.3) is 0 Å². The van der Waals surface area contributed by atoms with Gasteiger partial charge in [-0.1, -0.05) is 34.8 Å². The Labute approximate surface area is 106 Å². The summed E-state index contributed by atoms with van der Waals surface area (Å²) >= 11 is 16.8. The van der Waals surface area contributed by atoms with Crippen LogP contribution in [0.15, 0.2) is 6.20 Å². The second kappa shape index (κ2) is 6.01. The fourth-order valence-corrected chi connectivity index (χ4v) is 1.63. The molecule has 0 aliphatic heterocycles. The quantitative estimate of drug-likeness (QED) is 0.845. The number of hydrogen-bond donors (Lipinski definition) is 1. The molecule has 8 heteroatoms. The summed E-state index contributed by atoms with van der Waals surface area (Å²) in [5, 5.41) is -0.249. The Morgan fingerprint density at radius 1 is 1.27 bits per heavy atom. The van der Waals surface area contributed by atoms with Crippen molar-refractivity contribution in [2.75, 3.05) is 0 Å². The summed E-state index contributed by atoms with van der Waals surface area (Å²) in [4.78, 5) is 3.58. The summed E-state index contributed by atoms with van der Waals surface area (Å²) in [6, 6.07) is -1.56. The van der Waals surface area contributed by atoms with Gasteiger partial charge < -0.3 is 5.73 Å². The Balaban J connectivity index is 0.00000196. The van der Waals surface area contributed by atoms with E-state index in [1.165, 1.54) is 0 Å². The predicted octanol–water partition coefficient (Wildman–Crippen LogP) is 3.73. The molecule has 0 spiro atoms. The lowest BCUT2D eigenvalue weighted by molar-refractivity contribution is 0.116. The van der Waals surface area contributed by atoms with Crippen LogP contribution in [-0.2, 0) is 0 Å². The molecule has 2 nitrogen and oxygen atoms in total. The van der Waals surface area contributed by atoms with Gasteiger partial charge in [-0.2, -0.15) is 0 Å². The van der Waals surface area contributed by atoms with Crippen molar-refractivity contribution >= 4 is 47.2 Å². The van der Waals surface area contributed by atoms with E-state index in [4.69, 9.17) is 40.5 Å². The predicted molar refractivity (Wildman–Crippen MR) is 59.4 cm³/mol. The number of pyridine rings is 1. The molecular weight excluding hydrogens is 292 g/mol. The van der Waals surface area contributed by atoms with Gasteiger partial charge in [0, 0.05) is 11.8 Å². The lowest BCUT2D eigenvalue weighted by Crippen LogP contribution is -2.20. The fraction of sp³-hybridized carbons (Fsp3) is 0.286. The van der Waals surface area contributed by atoms with Gasteiger partial charge in [0.15, 0.2) is 0 Å². The first-order chi connectivity index (χ1) is 6.45. The third-order valence-electron chi connectivity index (χ3n) is 1.57. The number of nitrogens with two attached hydrogens (primary N) is 1. The number of aromatic nitrogens is 1. The van der Waals surface area contributed by atoms with E-state index < -0.39 is 12.5 Å². The topological polar surface area (TPSA) is 38.9 Å². The molecule has 0 aliphatic carbocycles. The summed E-state index contributed by atoms with van der Waals surface area (Å²) in [5.74, 6) is 0. The molecule has 2 N–H and O–H groups in total. The maximum absolute atomic E-state index is 12.3. The average molecular weight is 298 g/mol. The second-order valence-corrected chi connectivity index (χ2v) is 3.63. The van der Waals surface area contributed by atoms with Gasteiger partial charge in [-0.25, -0.2) is 13.8 Å². The lowest BCUT2D eigenvalue weighted by atomic mass is 10.1. The average Bonchev–Trinajstić information content (AvgIpc) is 2.12. The van der Waals surface area contributed by atoms with Crippen LogP contribution in [0.3, 0.4) is 0 Å². The van der Waals surface area contributed by atoms with Gasteiger partial charge in [-0.05, 0) is 0 Å². The van der Waals surface area contributed by atoms with Crippen LogP contribution in [0.4, 0.5) is 8.78 Å². The molecule has 86 valence electrons. The molecule has 0 saturated carbocycles. The van der Waals surface area contributed by atoms with Crippen molar-refractivity contribution in [2.45, 2.75) is 12.5 Å². The Morgan fingerprint density at radius 3 is 2.27 bits per heavy atom. The number of hydrogen-bond acceptors (Lipinski definition) is 2. The van der Waals surface area contributed by atoms with Crippen molar-refractivity contribution in [3.8, 4) is 0 Å². The van der Waals surface area contributed by atoms with E-state index in [1.807, 2.05) is 0 Å². The molecule has 1 aromatic heterocycles. The minimum atomic E-state index is -2.76. The maximum Gasteiger partial charge on any atom is 0.257 e. The van der Waals surface area contributed by atoms with Crippen molar-refractivity contribution < 1.29 is 8.78 Å². The highest BCUT2D eigenvalue weighted by Gasteiger charge is 2.24. The zero-order valence-electron chi connectivity index (χ0n) is 7.05. The zero-order valence-corrected chi connectivity index (χ0v) is 10.1. The van der Waals surface area contributed by atoms with Crippen molar-refractivity contribution in [2.24, 2.45) is 5.73 Å². The molecule has 1 aromatic rings. The molecule has 0 aliphatic rings. The highest BCUT2D eigenvalue weighted by Crippen LogP contribution is 2.35. The molecule has 0 unspecified atom stereocenters. The molecule has 1 rings (SSSR count). The van der Waals surface area contributed by atoms with E-state index in [0.717, 1.165) is 6.20 Å². The van der Waals surface area contributed by atoms with Crippen molar-refractivity contribution in [1.29, 1.82) is 0 Å². The SMILES string of the molecule is Cl.N[C@@H](c1c(Cl)cnc(Cl)c1Cl)C(F)F. The minimum Gasteiger partial charge on any atom is -0.319 e. The van der Waals surface area contributed by atoms with Gasteiger partial charge in [0.1, 0.15) is 5.15 Å². The third-order valence-corrected chi connectivity index (χ3v) is 2.64. The molecule has 0 aromatic carbocycles. The first-order valence-corrected chi connectivity index (χ1v) is 4.61. The number of rotatable bonds is 2. The van der Waals surface area contributed by atoms with E-state index in [2.05, 4.69) is 4.98 Å². The maximum atomic E-state index is 12.3. The normalized spacial score (nSPS) is 12.5. The highest BCUT2D eigenvalue weighted by molar-refractivity contribution is 6.43. The Kier molecular flexibility index (Phi) is 6.06. The first kappa shape index (κ1) is 15.1. The first-order valence-electron chi connectivity index (χ1n) is 3.48. The Bertz CT molecular complexity index is 348. The van der Waals surface area contributed by atoms with Crippen LogP contribution in [0.2, 0.25) is 15.2 Å². The smallest absolute Gasteiger partial charge is 0.257 e. The van der Waals surface area contributed by atoms with Crippen molar-refractivity contribution in [1.82, 2.24) is 4.98 Å². The van der Waals surface area contributed by atoms with Crippen LogP contribution in [-0.4, -0.2) is 11.4 Å². The molecule has 15 heavy (non-hydrogen) atoms. The van der Waals surface area contributed by atoms with Crippen LogP contribution in [0.5, 0.6) is 0 Å². The molecule has 1 heterocycles. The van der Waals surface area contributed by atoms with E-state index in [-0.39, 0.29) is 33.2 Å². The summed E-state index contributed by atoms with van der Waals surface area (Å²) in [6.45, 7) is 0. The van der Waals surface area contributed by atoms with Gasteiger partial charge >= 0.3 is 0 Å². The summed E-state index contributed by atoms with van der Waals surface area (Å²) in [5.41, 5.74) is 5.12. The molecule has 0 fully saturated rings. The number of alkyl halides is 2. The van der Waals surface area contributed by atoms with E-state index >= 15 is 0 Å². The van der Waals surface area contributed by atoms with Gasteiger partial charge in [0.05, 0.1) is 16.1 Å². The Morgan fingerprint density at radius 2 is 1.80 bits per heavy atom. The monoisotopic (exact) mass is 296 g/mol. The molecule has 1 atom stereocenters. The van der Waals surface area contributed by atoms with Crippen molar-refractivity contribution in [3.05, 3.63) is 27.0 Å². The van der Waals surface area contributed by atoms with Gasteiger partial charge in [0.2, 0.25) is 0 Å². The van der Waals surface area contributed by atoms with Gasteiger partial charge in [0.25, 0.3) is 6.43 Å². The summed E-state index contributed by atoms with van der Waals surface area (Å²) < 4.78 is 24.6. The van der Waals surface area contributed by atoms with Crippen LogP contribution >= 0.6 is 47.2 Å². The largest absolute Gasteiger partial charge is 0.319 e. The van der Waals surface area contributed by atoms with E-state index in [1.54, 1.807) is 0 Å². The highest BCUT2D eigenvalue weighted by atomic mass is 35.5. The third kappa shape index (κ3) is 3.29. The Hall–Kier alpha value is 0.130. The van der Waals surface area contributed by atoms with Crippen molar-refractivity contribution in [3.63, 3.8) is 0 Å². The van der Waals surface area contributed by atoms with Gasteiger partial charge in [-0.15, -0.1) is 12.4 Å². The molecule has 0 saturated heterocycles. The molecule has 0 bridgehead atoms. The molecule has 0 radical (unpaired) electrons. The second-order valence-electron chi connectivity index (χ2n) is 2.48. The zero-order chi connectivity index (χ0) is 10.9.